The van der Waals surface area contributed by atoms with Gasteiger partial charge in [-0.05, 0) is 13.5 Å². The van der Waals surface area contributed by atoms with Gasteiger partial charge in [-0.3, -0.25) is 19.2 Å². The zero-order valence-electron chi connectivity index (χ0n) is 10.8. The third-order valence-electron chi connectivity index (χ3n) is 2.01. The molecule has 0 aromatic heterocycles. The molecule has 20 heavy (non-hydrogen) atoms. The molecule has 0 bridgehead atoms. The molecule has 2 atom stereocenters. The second kappa shape index (κ2) is 10.7. The molecule has 0 rings (SSSR count). The Morgan fingerprint density at radius 1 is 1.00 bits per heavy atom. The molecular formula is C10H18N2O8. The molecule has 0 saturated heterocycles. The summed E-state index contributed by atoms with van der Waals surface area (Å²) >= 11 is 0. The topological polar surface area (TPSA) is 187 Å². The standard InChI is InChI=1S/2C5H9NO4/c1-6-3(5(9)10)2-4(7)8;6-3(5(9)10)1-2-4(7)8/h3,6H,2H2,1H3,(H,7,8)(H,9,10);3H,1-2,6H2,(H,7,8)(H,9,10)/t2*3-/m11/s1. The van der Waals surface area contributed by atoms with Crippen molar-refractivity contribution in [3.8, 4) is 0 Å². The molecule has 0 radical (unpaired) electrons. The largest absolute Gasteiger partial charge is 0.481 e. The number of nitrogens with one attached hydrogen (secondary N) is 1. The lowest BCUT2D eigenvalue weighted by atomic mass is 10.2. The zero-order chi connectivity index (χ0) is 16.3. The summed E-state index contributed by atoms with van der Waals surface area (Å²) in [7, 11) is 1.40. The maximum Gasteiger partial charge on any atom is 0.321 e. The number of carbonyl (C=O) groups is 4. The van der Waals surface area contributed by atoms with Crippen LogP contribution in [0.1, 0.15) is 19.3 Å². The van der Waals surface area contributed by atoms with Gasteiger partial charge in [0.05, 0.1) is 6.42 Å². The Labute approximate surface area is 114 Å². The summed E-state index contributed by atoms with van der Waals surface area (Å²) < 4.78 is 0. The minimum atomic E-state index is -1.17. The summed E-state index contributed by atoms with van der Waals surface area (Å²) in [5.41, 5.74) is 5.00. The highest BCUT2D eigenvalue weighted by atomic mass is 16.4. The van der Waals surface area contributed by atoms with E-state index in [0.717, 1.165) is 0 Å². The number of carboxylic acids is 4. The van der Waals surface area contributed by atoms with Crippen molar-refractivity contribution in [3.63, 3.8) is 0 Å². The van der Waals surface area contributed by atoms with Crippen molar-refractivity contribution >= 4 is 23.9 Å². The van der Waals surface area contributed by atoms with Gasteiger partial charge in [0, 0.05) is 6.42 Å². The number of carboxylic acid groups (broad SMARTS) is 4. The molecule has 0 aromatic carbocycles. The Hall–Kier alpha value is -2.20. The third-order valence-corrected chi connectivity index (χ3v) is 2.01. The number of aliphatic carboxylic acids is 4. The highest BCUT2D eigenvalue weighted by Gasteiger charge is 2.17. The monoisotopic (exact) mass is 294 g/mol. The predicted molar refractivity (Wildman–Crippen MR) is 65.2 cm³/mol. The fourth-order valence-electron chi connectivity index (χ4n) is 0.890. The Morgan fingerprint density at radius 3 is 1.70 bits per heavy atom. The van der Waals surface area contributed by atoms with Crippen molar-refractivity contribution in [3.05, 3.63) is 0 Å². The summed E-state index contributed by atoms with van der Waals surface area (Å²) in [4.78, 5) is 40.0. The van der Waals surface area contributed by atoms with Crippen LogP contribution in [0.15, 0.2) is 0 Å². The van der Waals surface area contributed by atoms with E-state index < -0.39 is 42.4 Å². The molecule has 0 unspecified atom stereocenters. The van der Waals surface area contributed by atoms with Gasteiger partial charge in [-0.2, -0.15) is 0 Å². The van der Waals surface area contributed by atoms with Gasteiger partial charge in [0.1, 0.15) is 12.1 Å². The second-order valence-electron chi connectivity index (χ2n) is 3.65. The molecule has 0 amide bonds. The SMILES string of the molecule is CN[C@H](CC(=O)O)C(=O)O.N[C@H](CCC(=O)O)C(=O)O. The van der Waals surface area contributed by atoms with Crippen LogP contribution in [0, 0.1) is 0 Å². The van der Waals surface area contributed by atoms with Crippen molar-refractivity contribution in [2.75, 3.05) is 7.05 Å². The minimum Gasteiger partial charge on any atom is -0.481 e. The van der Waals surface area contributed by atoms with Gasteiger partial charge in [-0.1, -0.05) is 0 Å². The average Bonchev–Trinajstić information content (AvgIpc) is 2.32. The van der Waals surface area contributed by atoms with Gasteiger partial charge in [0.15, 0.2) is 0 Å². The van der Waals surface area contributed by atoms with Crippen molar-refractivity contribution in [1.82, 2.24) is 5.32 Å². The number of hydrogen-bond donors (Lipinski definition) is 6. The number of hydrogen-bond acceptors (Lipinski definition) is 6. The van der Waals surface area contributed by atoms with E-state index in [9.17, 15) is 19.2 Å². The highest BCUT2D eigenvalue weighted by Crippen LogP contribution is 1.93. The molecule has 0 aliphatic carbocycles. The first kappa shape index (κ1) is 20.1. The zero-order valence-corrected chi connectivity index (χ0v) is 10.8. The lowest BCUT2D eigenvalue weighted by Gasteiger charge is -2.06. The molecule has 0 heterocycles. The average molecular weight is 294 g/mol. The number of likely N-dealkylation sites (N-methyl/N-ethyl adjacent to an activating group) is 1. The van der Waals surface area contributed by atoms with Gasteiger partial charge < -0.3 is 31.5 Å². The van der Waals surface area contributed by atoms with E-state index in [0.29, 0.717) is 0 Å². The van der Waals surface area contributed by atoms with Gasteiger partial charge >= 0.3 is 23.9 Å². The van der Waals surface area contributed by atoms with Crippen LogP contribution in [0.2, 0.25) is 0 Å². The van der Waals surface area contributed by atoms with E-state index in [2.05, 4.69) is 5.32 Å². The van der Waals surface area contributed by atoms with Crippen molar-refractivity contribution in [1.29, 1.82) is 0 Å². The maximum atomic E-state index is 10.1. The lowest BCUT2D eigenvalue weighted by molar-refractivity contribution is -0.145. The molecule has 0 aromatic rings. The molecule has 10 nitrogen and oxygen atoms in total. The first-order valence-electron chi connectivity index (χ1n) is 5.43. The van der Waals surface area contributed by atoms with Crippen LogP contribution in [0.5, 0.6) is 0 Å². The Bertz CT molecular complexity index is 357. The van der Waals surface area contributed by atoms with Crippen molar-refractivity contribution in [2.24, 2.45) is 5.73 Å². The molecular weight excluding hydrogens is 276 g/mol. The van der Waals surface area contributed by atoms with Gasteiger partial charge in [0.2, 0.25) is 0 Å². The molecule has 0 fully saturated rings. The van der Waals surface area contributed by atoms with E-state index in [1.165, 1.54) is 7.05 Å². The maximum absolute atomic E-state index is 10.1. The first-order valence-corrected chi connectivity index (χ1v) is 5.43. The molecule has 0 aliphatic rings. The third kappa shape index (κ3) is 12.3. The molecule has 0 saturated carbocycles. The van der Waals surface area contributed by atoms with E-state index >= 15 is 0 Å². The van der Waals surface area contributed by atoms with E-state index in [1.807, 2.05) is 0 Å². The van der Waals surface area contributed by atoms with Gasteiger partial charge in [-0.15, -0.1) is 0 Å². The Morgan fingerprint density at radius 2 is 1.50 bits per heavy atom. The van der Waals surface area contributed by atoms with Crippen LogP contribution >= 0.6 is 0 Å². The van der Waals surface area contributed by atoms with Crippen molar-refractivity contribution in [2.45, 2.75) is 31.3 Å². The Balaban J connectivity index is 0. The highest BCUT2D eigenvalue weighted by molar-refractivity contribution is 5.80. The summed E-state index contributed by atoms with van der Waals surface area (Å²) in [6, 6.07) is -2.05. The predicted octanol–water partition coefficient (Wildman–Crippen LogP) is -1.60. The first-order chi connectivity index (χ1) is 9.11. The fourth-order valence-corrected chi connectivity index (χ4v) is 0.890. The normalized spacial score (nSPS) is 12.5. The van der Waals surface area contributed by atoms with Crippen LogP contribution in [0.4, 0.5) is 0 Å². The number of nitrogens with two attached hydrogens (primary N) is 1. The molecule has 116 valence electrons. The van der Waals surface area contributed by atoms with Crippen LogP contribution in [0.25, 0.3) is 0 Å². The quantitative estimate of drug-likeness (QED) is 0.304. The Kier molecular flexibility index (Phi) is 10.8. The smallest absolute Gasteiger partial charge is 0.321 e. The molecule has 7 N–H and O–H groups in total. The van der Waals surface area contributed by atoms with Gasteiger partial charge in [0.25, 0.3) is 0 Å². The summed E-state index contributed by atoms with van der Waals surface area (Å²) in [5.74, 6) is -4.47. The minimum absolute atomic E-state index is 0.0231. The van der Waals surface area contributed by atoms with Crippen LogP contribution < -0.4 is 11.1 Å². The van der Waals surface area contributed by atoms with Crippen molar-refractivity contribution < 1.29 is 39.6 Å². The summed E-state index contributed by atoms with van der Waals surface area (Å²) in [6.45, 7) is 0. The second-order valence-corrected chi connectivity index (χ2v) is 3.65. The molecule has 10 heteroatoms. The van der Waals surface area contributed by atoms with E-state index in [-0.39, 0.29) is 12.8 Å². The van der Waals surface area contributed by atoms with Crippen LogP contribution in [-0.2, 0) is 19.2 Å². The molecule has 0 aliphatic heterocycles. The van der Waals surface area contributed by atoms with Crippen LogP contribution in [0.3, 0.4) is 0 Å². The van der Waals surface area contributed by atoms with Gasteiger partial charge in [-0.25, -0.2) is 0 Å². The number of rotatable bonds is 8. The summed E-state index contributed by atoms with van der Waals surface area (Å²) in [6.07, 6.45) is -0.621. The van der Waals surface area contributed by atoms with Crippen LogP contribution in [-0.4, -0.2) is 63.4 Å². The summed E-state index contributed by atoms with van der Waals surface area (Å²) in [5, 5.41) is 35.1. The molecule has 0 spiro atoms. The fraction of sp³-hybridized carbons (Fsp3) is 0.600. The van der Waals surface area contributed by atoms with E-state index in [4.69, 9.17) is 26.2 Å². The van der Waals surface area contributed by atoms with E-state index in [1.54, 1.807) is 0 Å². The lowest BCUT2D eigenvalue weighted by Crippen LogP contribution is -2.35.